The highest BCUT2D eigenvalue weighted by atomic mass is 16.6. The van der Waals surface area contributed by atoms with E-state index in [2.05, 4.69) is 49.5 Å². The molecule has 208 valence electrons. The van der Waals surface area contributed by atoms with Gasteiger partial charge in [-0.25, -0.2) is 4.79 Å². The molecule has 0 aliphatic carbocycles. The van der Waals surface area contributed by atoms with Crippen molar-refractivity contribution in [2.45, 2.75) is 44.9 Å². The summed E-state index contributed by atoms with van der Waals surface area (Å²) < 4.78 is 6.01. The van der Waals surface area contributed by atoms with Gasteiger partial charge in [-0.3, -0.25) is 10.1 Å². The van der Waals surface area contributed by atoms with E-state index in [9.17, 15) is 25.1 Å². The number of nitrogens with zero attached hydrogens (tertiary/aromatic N) is 1. The summed E-state index contributed by atoms with van der Waals surface area (Å²) in [5.41, 5.74) is 2.11. The number of hydrogen-bond acceptors (Lipinski definition) is 6. The van der Waals surface area contributed by atoms with Crippen molar-refractivity contribution in [3.63, 3.8) is 0 Å². The molecule has 0 aliphatic heterocycles. The molecule has 4 aromatic carbocycles. The van der Waals surface area contributed by atoms with Gasteiger partial charge >= 0.3 is 5.97 Å². The number of hydrogen-bond donors (Lipinski definition) is 3. The van der Waals surface area contributed by atoms with Gasteiger partial charge in [0, 0.05) is 18.2 Å². The quantitative estimate of drug-likeness (QED) is 0.145. The van der Waals surface area contributed by atoms with E-state index in [1.54, 1.807) is 12.1 Å². The van der Waals surface area contributed by atoms with Crippen LogP contribution in [0.4, 0.5) is 5.69 Å². The van der Waals surface area contributed by atoms with Crippen LogP contribution in [0.25, 0.3) is 21.9 Å². The number of nitrogens with one attached hydrogen (secondary N) is 1. The van der Waals surface area contributed by atoms with Crippen LogP contribution in [-0.2, 0) is 11.2 Å². The van der Waals surface area contributed by atoms with Crippen molar-refractivity contribution in [2.75, 3.05) is 13.2 Å². The summed E-state index contributed by atoms with van der Waals surface area (Å²) in [6.07, 6.45) is -0.377. The first-order valence-electron chi connectivity index (χ1n) is 13.2. The Labute approximate surface area is 233 Å². The minimum Gasteiger partial charge on any atom is -0.477 e. The second-order valence-corrected chi connectivity index (χ2v) is 10.6. The molecule has 3 N–H and O–H groups in total. The summed E-state index contributed by atoms with van der Waals surface area (Å²) in [5.74, 6) is -1.36. The number of fused-ring (bicyclic) bond motifs is 1. The van der Waals surface area contributed by atoms with Crippen LogP contribution in [0.1, 0.15) is 48.4 Å². The first-order valence-corrected chi connectivity index (χ1v) is 13.2. The predicted octanol–water partition coefficient (Wildman–Crippen LogP) is 6.16. The van der Waals surface area contributed by atoms with Crippen LogP contribution in [0.5, 0.6) is 0 Å². The minimum absolute atomic E-state index is 0.0899. The molecule has 0 amide bonds. The van der Waals surface area contributed by atoms with Crippen LogP contribution in [0, 0.1) is 10.1 Å². The Bertz CT molecular complexity index is 1520. The predicted molar refractivity (Wildman–Crippen MR) is 156 cm³/mol. The van der Waals surface area contributed by atoms with Gasteiger partial charge in [0.15, 0.2) is 0 Å². The number of carboxylic acid groups (broad SMARTS) is 1. The summed E-state index contributed by atoms with van der Waals surface area (Å²) in [4.78, 5) is 22.2. The molecule has 0 aliphatic rings. The molecule has 0 unspecified atom stereocenters. The molecule has 2 atom stereocenters. The van der Waals surface area contributed by atoms with E-state index in [-0.39, 0.29) is 17.7 Å². The number of carboxylic acids is 1. The van der Waals surface area contributed by atoms with Gasteiger partial charge in [0.25, 0.3) is 5.69 Å². The zero-order chi connectivity index (χ0) is 28.9. The summed E-state index contributed by atoms with van der Waals surface area (Å²) >= 11 is 0. The molecule has 0 saturated carbocycles. The summed E-state index contributed by atoms with van der Waals surface area (Å²) in [6.45, 7) is 6.49. The van der Waals surface area contributed by atoms with E-state index in [4.69, 9.17) is 4.74 Å². The van der Waals surface area contributed by atoms with E-state index >= 15 is 0 Å². The Kier molecular flexibility index (Phi) is 8.94. The van der Waals surface area contributed by atoms with Crippen molar-refractivity contribution in [2.24, 2.45) is 0 Å². The minimum atomic E-state index is -1.36. The molecule has 8 heteroatoms. The topological polar surface area (TPSA) is 122 Å². The van der Waals surface area contributed by atoms with Gasteiger partial charge in [-0.2, -0.15) is 0 Å². The van der Waals surface area contributed by atoms with Crippen LogP contribution >= 0.6 is 0 Å². The lowest BCUT2D eigenvalue weighted by molar-refractivity contribution is -0.385. The maximum absolute atomic E-state index is 11.5. The second-order valence-electron chi connectivity index (χ2n) is 10.6. The highest BCUT2D eigenvalue weighted by Crippen LogP contribution is 2.33. The van der Waals surface area contributed by atoms with Crippen LogP contribution in [0.3, 0.4) is 0 Å². The van der Waals surface area contributed by atoms with E-state index in [0.717, 1.165) is 12.0 Å². The normalized spacial score (nSPS) is 13.2. The third-order valence-corrected chi connectivity index (χ3v) is 6.95. The summed E-state index contributed by atoms with van der Waals surface area (Å²) in [7, 11) is 0. The smallest absolute Gasteiger partial charge is 0.342 e. The van der Waals surface area contributed by atoms with Crippen molar-refractivity contribution < 1.29 is 24.7 Å². The number of carbonyl (C=O) groups is 1. The average Bonchev–Trinajstić information content (AvgIpc) is 2.94. The molecule has 0 bridgehead atoms. The van der Waals surface area contributed by atoms with Gasteiger partial charge < -0.3 is 20.3 Å². The number of rotatable bonds is 12. The van der Waals surface area contributed by atoms with Crippen LogP contribution in [-0.4, -0.2) is 45.9 Å². The van der Waals surface area contributed by atoms with Gasteiger partial charge in [0.05, 0.1) is 23.7 Å². The fraction of sp³-hybridized carbons (Fsp3) is 0.281. The lowest BCUT2D eigenvalue weighted by atomic mass is 9.93. The molecule has 8 nitrogen and oxygen atoms in total. The molecule has 4 aromatic rings. The first-order chi connectivity index (χ1) is 19.0. The largest absolute Gasteiger partial charge is 0.477 e. The maximum Gasteiger partial charge on any atom is 0.342 e. The highest BCUT2D eigenvalue weighted by Gasteiger charge is 2.23. The standard InChI is InChI=1S/C32H34N2O6/c1-21(27-10-6-7-11-28(27)25-14-15-29(31(36)37)30(17-25)34(38)39)40-20-26(35)19-33-32(2,3)18-22-12-13-23-8-4-5-9-24(23)16-22/h4-17,21,26,33,35H,18-20H2,1-3H3,(H,36,37)/t21-,26-/m1/s1. The third kappa shape index (κ3) is 7.09. The molecule has 0 fully saturated rings. The maximum atomic E-state index is 11.5. The van der Waals surface area contributed by atoms with E-state index < -0.39 is 28.8 Å². The van der Waals surface area contributed by atoms with Crippen LogP contribution in [0.2, 0.25) is 0 Å². The molecule has 0 saturated heterocycles. The summed E-state index contributed by atoms with van der Waals surface area (Å²) in [6, 6.07) is 26.1. The monoisotopic (exact) mass is 542 g/mol. The van der Waals surface area contributed by atoms with E-state index in [0.29, 0.717) is 17.7 Å². The average molecular weight is 543 g/mol. The number of nitro groups is 1. The lowest BCUT2D eigenvalue weighted by Crippen LogP contribution is -2.46. The first kappa shape index (κ1) is 28.9. The molecular formula is C32H34N2O6. The number of aliphatic hydroxyl groups is 1. The number of ether oxygens (including phenoxy) is 1. The van der Waals surface area contributed by atoms with Crippen molar-refractivity contribution in [3.05, 3.63) is 112 Å². The number of β-amino-alcohol motifs (C(OH)–C–C–N with tert-alkyl or cyclic N) is 1. The molecule has 0 radical (unpaired) electrons. The van der Waals surface area contributed by atoms with Gasteiger partial charge in [0.2, 0.25) is 0 Å². The molecule has 0 heterocycles. The Hall–Kier alpha value is -4.11. The summed E-state index contributed by atoms with van der Waals surface area (Å²) in [5, 5.41) is 37.3. The SMILES string of the molecule is C[C@@H](OC[C@H](O)CNC(C)(C)Cc1ccc2ccccc2c1)c1ccccc1-c1ccc(C(=O)O)c([N+](=O)[O-])c1. The fourth-order valence-electron chi connectivity index (χ4n) is 4.87. The van der Waals surface area contributed by atoms with Crippen molar-refractivity contribution in [1.82, 2.24) is 5.32 Å². The number of nitro benzene ring substituents is 1. The third-order valence-electron chi connectivity index (χ3n) is 6.95. The highest BCUT2D eigenvalue weighted by molar-refractivity contribution is 5.93. The van der Waals surface area contributed by atoms with Crippen molar-refractivity contribution in [1.29, 1.82) is 0 Å². The Morgan fingerprint density at radius 3 is 2.42 bits per heavy atom. The van der Waals surface area contributed by atoms with Crippen molar-refractivity contribution >= 4 is 22.4 Å². The van der Waals surface area contributed by atoms with Crippen molar-refractivity contribution in [3.8, 4) is 11.1 Å². The Morgan fingerprint density at radius 1 is 1.00 bits per heavy atom. The number of aliphatic hydroxyl groups excluding tert-OH is 1. The number of benzene rings is 4. The Balaban J connectivity index is 1.37. The second kappa shape index (κ2) is 12.4. The molecule has 4 rings (SSSR count). The van der Waals surface area contributed by atoms with Gasteiger partial charge in [-0.05, 0) is 66.3 Å². The lowest BCUT2D eigenvalue weighted by Gasteiger charge is -2.28. The Morgan fingerprint density at radius 2 is 1.70 bits per heavy atom. The fourth-order valence-corrected chi connectivity index (χ4v) is 4.87. The van der Waals surface area contributed by atoms with Gasteiger partial charge in [-0.1, -0.05) is 72.8 Å². The van der Waals surface area contributed by atoms with Crippen LogP contribution < -0.4 is 5.32 Å². The molecular weight excluding hydrogens is 508 g/mol. The molecule has 40 heavy (non-hydrogen) atoms. The van der Waals surface area contributed by atoms with E-state index in [1.807, 2.05) is 37.3 Å². The van der Waals surface area contributed by atoms with Gasteiger partial charge in [0.1, 0.15) is 5.56 Å². The van der Waals surface area contributed by atoms with Gasteiger partial charge in [-0.15, -0.1) is 0 Å². The zero-order valence-electron chi connectivity index (χ0n) is 22.8. The molecule has 0 aromatic heterocycles. The zero-order valence-corrected chi connectivity index (χ0v) is 22.8. The number of aromatic carboxylic acids is 1. The van der Waals surface area contributed by atoms with Crippen LogP contribution in [0.15, 0.2) is 84.9 Å². The van der Waals surface area contributed by atoms with E-state index in [1.165, 1.54) is 28.5 Å². The molecule has 0 spiro atoms.